The van der Waals surface area contributed by atoms with Gasteiger partial charge in [-0.1, -0.05) is 26.0 Å². The van der Waals surface area contributed by atoms with Crippen LogP contribution in [0.1, 0.15) is 36.6 Å². The van der Waals surface area contributed by atoms with E-state index in [4.69, 9.17) is 0 Å². The second-order valence-corrected chi connectivity index (χ2v) is 6.11. The molecule has 2 aromatic rings. The molecule has 0 saturated carbocycles. The van der Waals surface area contributed by atoms with Crippen LogP contribution in [-0.4, -0.2) is 22.1 Å². The van der Waals surface area contributed by atoms with Crippen molar-refractivity contribution in [3.05, 3.63) is 57.8 Å². The highest BCUT2D eigenvalue weighted by Crippen LogP contribution is 2.16. The maximum atomic E-state index is 12.0. The third-order valence-electron chi connectivity index (χ3n) is 3.99. The van der Waals surface area contributed by atoms with E-state index in [-0.39, 0.29) is 11.6 Å². The van der Waals surface area contributed by atoms with Crippen LogP contribution in [-0.2, 0) is 6.54 Å². The van der Waals surface area contributed by atoms with E-state index in [0.29, 0.717) is 24.6 Å². The lowest BCUT2D eigenvalue weighted by Gasteiger charge is -2.11. The molecular formula is C18H24N4O2. The molecule has 1 aromatic heterocycles. The van der Waals surface area contributed by atoms with E-state index < -0.39 is 0 Å². The number of nitrogens with one attached hydrogen (secondary N) is 2. The van der Waals surface area contributed by atoms with E-state index in [1.54, 1.807) is 13.8 Å². The fourth-order valence-corrected chi connectivity index (χ4v) is 2.25. The highest BCUT2D eigenvalue weighted by Gasteiger charge is 2.05. The fourth-order valence-electron chi connectivity index (χ4n) is 2.25. The highest BCUT2D eigenvalue weighted by molar-refractivity contribution is 5.89. The van der Waals surface area contributed by atoms with Gasteiger partial charge in [0.1, 0.15) is 0 Å². The van der Waals surface area contributed by atoms with E-state index in [1.165, 1.54) is 16.5 Å². The number of carbonyl (C=O) groups excluding carboxylic acids is 1. The molecule has 24 heavy (non-hydrogen) atoms. The van der Waals surface area contributed by atoms with E-state index in [0.717, 1.165) is 11.4 Å². The number of hydrogen-bond donors (Lipinski definition) is 2. The predicted octanol–water partition coefficient (Wildman–Crippen LogP) is 2.81. The number of urea groups is 1. The van der Waals surface area contributed by atoms with Crippen molar-refractivity contribution in [2.75, 3.05) is 11.9 Å². The zero-order valence-corrected chi connectivity index (χ0v) is 14.6. The zero-order chi connectivity index (χ0) is 17.7. The minimum atomic E-state index is -0.294. The Morgan fingerprint density at radius 1 is 1.21 bits per heavy atom. The topological polar surface area (TPSA) is 76.0 Å². The number of anilines is 1. The molecule has 0 radical (unpaired) electrons. The van der Waals surface area contributed by atoms with E-state index in [1.807, 2.05) is 24.3 Å². The van der Waals surface area contributed by atoms with E-state index >= 15 is 0 Å². The summed E-state index contributed by atoms with van der Waals surface area (Å²) in [5.41, 5.74) is 3.25. The Hall–Kier alpha value is -2.63. The number of amides is 2. The molecule has 0 unspecified atom stereocenters. The van der Waals surface area contributed by atoms with Crippen LogP contribution in [0.2, 0.25) is 0 Å². The molecule has 0 saturated heterocycles. The van der Waals surface area contributed by atoms with Gasteiger partial charge in [0, 0.05) is 30.0 Å². The molecule has 0 aliphatic rings. The Morgan fingerprint density at radius 3 is 2.50 bits per heavy atom. The molecule has 128 valence electrons. The lowest BCUT2D eigenvalue weighted by Crippen LogP contribution is -2.34. The first kappa shape index (κ1) is 17.7. The van der Waals surface area contributed by atoms with Crippen molar-refractivity contribution >= 4 is 11.7 Å². The number of hydrogen-bond acceptors (Lipinski definition) is 3. The molecule has 1 aromatic carbocycles. The van der Waals surface area contributed by atoms with Crippen LogP contribution in [0.15, 0.2) is 35.4 Å². The smallest absolute Gasteiger partial charge is 0.319 e. The second-order valence-electron chi connectivity index (χ2n) is 6.11. The lowest BCUT2D eigenvalue weighted by molar-refractivity contribution is 0.251. The predicted molar refractivity (Wildman–Crippen MR) is 95.5 cm³/mol. The van der Waals surface area contributed by atoms with Gasteiger partial charge >= 0.3 is 6.03 Å². The minimum Gasteiger partial charge on any atom is -0.336 e. The summed E-state index contributed by atoms with van der Waals surface area (Å²) in [5.74, 6) is 0.456. The Bertz CT molecular complexity index is 764. The number of carbonyl (C=O) groups is 1. The van der Waals surface area contributed by atoms with Gasteiger partial charge in [0.25, 0.3) is 5.56 Å². The van der Waals surface area contributed by atoms with E-state index in [9.17, 15) is 9.59 Å². The molecule has 2 N–H and O–H groups in total. The Balaban J connectivity index is 1.85. The highest BCUT2D eigenvalue weighted by atomic mass is 16.2. The third kappa shape index (κ3) is 4.44. The van der Waals surface area contributed by atoms with Gasteiger partial charge < -0.3 is 10.6 Å². The molecule has 0 bridgehead atoms. The number of benzene rings is 1. The summed E-state index contributed by atoms with van der Waals surface area (Å²) < 4.78 is 1.50. The Labute approximate surface area is 141 Å². The molecule has 1 heterocycles. The normalized spacial score (nSPS) is 10.7. The average molecular weight is 328 g/mol. The molecule has 0 spiro atoms. The van der Waals surface area contributed by atoms with E-state index in [2.05, 4.69) is 29.5 Å². The van der Waals surface area contributed by atoms with Crippen LogP contribution in [0.25, 0.3) is 0 Å². The number of nitrogens with zero attached hydrogens (tertiary/aromatic N) is 2. The fraction of sp³-hybridized carbons (Fsp3) is 0.389. The maximum Gasteiger partial charge on any atom is 0.319 e. The SMILES string of the molecule is Cc1ncn(CCNC(=O)Nc2ccc(C(C)C)cc2)c(=O)c1C. The summed E-state index contributed by atoms with van der Waals surface area (Å²) in [7, 11) is 0. The number of aryl methyl sites for hydroxylation is 1. The van der Waals surface area contributed by atoms with Crippen molar-refractivity contribution < 1.29 is 4.79 Å². The van der Waals surface area contributed by atoms with Crippen molar-refractivity contribution in [1.82, 2.24) is 14.9 Å². The molecule has 0 fully saturated rings. The molecule has 0 aliphatic heterocycles. The summed E-state index contributed by atoms with van der Waals surface area (Å²) >= 11 is 0. The molecule has 0 aliphatic carbocycles. The van der Waals surface area contributed by atoms with Crippen LogP contribution in [0.3, 0.4) is 0 Å². The number of aromatic nitrogens is 2. The van der Waals surface area contributed by atoms with Gasteiger partial charge in [-0.25, -0.2) is 9.78 Å². The van der Waals surface area contributed by atoms with Crippen LogP contribution in [0, 0.1) is 13.8 Å². The molecule has 0 atom stereocenters. The summed E-state index contributed by atoms with van der Waals surface area (Å²) in [4.78, 5) is 28.1. The minimum absolute atomic E-state index is 0.0750. The van der Waals surface area contributed by atoms with Crippen LogP contribution < -0.4 is 16.2 Å². The van der Waals surface area contributed by atoms with Crippen LogP contribution >= 0.6 is 0 Å². The van der Waals surface area contributed by atoms with Crippen molar-refractivity contribution in [3.63, 3.8) is 0 Å². The molecule has 6 heteroatoms. The standard InChI is InChI=1S/C18H24N4O2/c1-12(2)15-5-7-16(8-6-15)21-18(24)19-9-10-22-11-20-14(4)13(3)17(22)23/h5-8,11-12H,9-10H2,1-4H3,(H2,19,21,24). The van der Waals surface area contributed by atoms with Crippen molar-refractivity contribution in [2.24, 2.45) is 0 Å². The Kier molecular flexibility index (Phi) is 5.73. The molecular weight excluding hydrogens is 304 g/mol. The summed E-state index contributed by atoms with van der Waals surface area (Å²) in [6, 6.07) is 7.47. The lowest BCUT2D eigenvalue weighted by atomic mass is 10.0. The van der Waals surface area contributed by atoms with Crippen molar-refractivity contribution in [3.8, 4) is 0 Å². The molecule has 2 rings (SSSR count). The molecule has 2 amide bonds. The van der Waals surface area contributed by atoms with Crippen molar-refractivity contribution in [1.29, 1.82) is 0 Å². The molecule has 6 nitrogen and oxygen atoms in total. The second kappa shape index (κ2) is 7.77. The van der Waals surface area contributed by atoms with Gasteiger partial charge in [-0.05, 0) is 37.5 Å². The first-order chi connectivity index (χ1) is 11.4. The third-order valence-corrected chi connectivity index (χ3v) is 3.99. The van der Waals surface area contributed by atoms with Gasteiger partial charge in [0.2, 0.25) is 0 Å². The maximum absolute atomic E-state index is 12.0. The number of rotatable bonds is 5. The average Bonchev–Trinajstić information content (AvgIpc) is 2.55. The van der Waals surface area contributed by atoms with Crippen LogP contribution in [0.4, 0.5) is 10.5 Å². The summed E-state index contributed by atoms with van der Waals surface area (Å²) in [6.45, 7) is 8.53. The van der Waals surface area contributed by atoms with Crippen LogP contribution in [0.5, 0.6) is 0 Å². The van der Waals surface area contributed by atoms with Gasteiger partial charge in [-0.2, -0.15) is 0 Å². The van der Waals surface area contributed by atoms with Gasteiger partial charge in [0.05, 0.1) is 6.33 Å². The van der Waals surface area contributed by atoms with Crippen molar-refractivity contribution in [2.45, 2.75) is 40.2 Å². The largest absolute Gasteiger partial charge is 0.336 e. The summed E-state index contributed by atoms with van der Waals surface area (Å²) in [6.07, 6.45) is 1.51. The summed E-state index contributed by atoms with van der Waals surface area (Å²) in [5, 5.41) is 5.52. The zero-order valence-electron chi connectivity index (χ0n) is 14.6. The monoisotopic (exact) mass is 328 g/mol. The van der Waals surface area contributed by atoms with Gasteiger partial charge in [0.15, 0.2) is 0 Å². The van der Waals surface area contributed by atoms with Gasteiger partial charge in [-0.15, -0.1) is 0 Å². The first-order valence-electron chi connectivity index (χ1n) is 8.06. The first-order valence-corrected chi connectivity index (χ1v) is 8.06. The Morgan fingerprint density at radius 2 is 1.88 bits per heavy atom. The quantitative estimate of drug-likeness (QED) is 0.886. The van der Waals surface area contributed by atoms with Gasteiger partial charge in [-0.3, -0.25) is 9.36 Å².